The molecule has 2 unspecified atom stereocenters. The lowest BCUT2D eigenvalue weighted by Gasteiger charge is -2.40. The van der Waals surface area contributed by atoms with E-state index in [9.17, 15) is 4.79 Å². The number of ether oxygens (including phenoxy) is 1. The average Bonchev–Trinajstić information content (AvgIpc) is 2.39. The molecule has 0 saturated carbocycles. The molecule has 4 heteroatoms. The van der Waals surface area contributed by atoms with Gasteiger partial charge in [-0.15, -0.1) is 0 Å². The summed E-state index contributed by atoms with van der Waals surface area (Å²) >= 11 is 0. The summed E-state index contributed by atoms with van der Waals surface area (Å²) in [4.78, 5) is 13.2. The molecular formula is C16H23NO3. The van der Waals surface area contributed by atoms with Crippen LogP contribution in [0.4, 0.5) is 0 Å². The van der Waals surface area contributed by atoms with Crippen LogP contribution < -0.4 is 0 Å². The van der Waals surface area contributed by atoms with Crippen LogP contribution >= 0.6 is 0 Å². The van der Waals surface area contributed by atoms with Gasteiger partial charge in [0.25, 0.3) is 0 Å². The van der Waals surface area contributed by atoms with Gasteiger partial charge in [-0.3, -0.25) is 9.69 Å². The number of benzene rings is 1. The number of aliphatic carboxylic acids is 1. The number of carboxylic acids is 1. The Morgan fingerprint density at radius 1 is 1.40 bits per heavy atom. The first-order valence-corrected chi connectivity index (χ1v) is 7.20. The molecule has 0 bridgehead atoms. The maximum Gasteiger partial charge on any atom is 0.306 e. The normalized spacial score (nSPS) is 21.9. The third-order valence-electron chi connectivity index (χ3n) is 3.74. The predicted octanol–water partition coefficient (Wildman–Crippen LogP) is 2.56. The van der Waals surface area contributed by atoms with Gasteiger partial charge in [-0.25, -0.2) is 0 Å². The molecule has 1 aliphatic heterocycles. The van der Waals surface area contributed by atoms with Crippen molar-refractivity contribution in [3.05, 3.63) is 35.9 Å². The fraction of sp³-hybridized carbons (Fsp3) is 0.562. The number of carbonyl (C=O) groups is 1. The molecule has 0 aromatic heterocycles. The SMILES string of the molecule is CC(C)C(c1ccccc1)N1CCOC(CC(=O)O)C1. The molecule has 0 spiro atoms. The van der Waals surface area contributed by atoms with Crippen molar-refractivity contribution in [3.63, 3.8) is 0 Å². The van der Waals surface area contributed by atoms with E-state index in [0.717, 1.165) is 6.54 Å². The van der Waals surface area contributed by atoms with Crippen LogP contribution in [0, 0.1) is 5.92 Å². The maximum atomic E-state index is 10.8. The molecule has 1 heterocycles. The number of nitrogens with zero attached hydrogens (tertiary/aromatic N) is 1. The first-order valence-electron chi connectivity index (χ1n) is 7.20. The molecule has 0 radical (unpaired) electrons. The molecule has 1 aromatic carbocycles. The van der Waals surface area contributed by atoms with Gasteiger partial charge in [-0.2, -0.15) is 0 Å². The van der Waals surface area contributed by atoms with Crippen LogP contribution in [0.1, 0.15) is 31.9 Å². The van der Waals surface area contributed by atoms with Crippen LogP contribution in [-0.4, -0.2) is 41.8 Å². The lowest BCUT2D eigenvalue weighted by molar-refractivity contribution is -0.142. The minimum Gasteiger partial charge on any atom is -0.481 e. The molecule has 1 aromatic rings. The van der Waals surface area contributed by atoms with E-state index in [0.29, 0.717) is 25.1 Å². The van der Waals surface area contributed by atoms with Crippen molar-refractivity contribution in [2.24, 2.45) is 5.92 Å². The topological polar surface area (TPSA) is 49.8 Å². The van der Waals surface area contributed by atoms with Crippen molar-refractivity contribution in [1.29, 1.82) is 0 Å². The number of carboxylic acid groups (broad SMARTS) is 1. The zero-order chi connectivity index (χ0) is 14.5. The minimum atomic E-state index is -0.794. The largest absolute Gasteiger partial charge is 0.481 e. The lowest BCUT2D eigenvalue weighted by atomic mass is 9.93. The van der Waals surface area contributed by atoms with E-state index in [1.807, 2.05) is 6.07 Å². The lowest BCUT2D eigenvalue weighted by Crippen LogP contribution is -2.46. The van der Waals surface area contributed by atoms with E-state index < -0.39 is 5.97 Å². The van der Waals surface area contributed by atoms with Crippen molar-refractivity contribution in [2.45, 2.75) is 32.4 Å². The Balaban J connectivity index is 2.11. The van der Waals surface area contributed by atoms with Crippen molar-refractivity contribution in [3.8, 4) is 0 Å². The second-order valence-corrected chi connectivity index (χ2v) is 5.69. The number of hydrogen-bond donors (Lipinski definition) is 1. The van der Waals surface area contributed by atoms with E-state index in [1.165, 1.54) is 5.56 Å². The molecule has 20 heavy (non-hydrogen) atoms. The second-order valence-electron chi connectivity index (χ2n) is 5.69. The Kier molecular flexibility index (Phi) is 5.15. The Hall–Kier alpha value is -1.39. The van der Waals surface area contributed by atoms with Crippen LogP contribution in [0.2, 0.25) is 0 Å². The maximum absolute atomic E-state index is 10.8. The quantitative estimate of drug-likeness (QED) is 0.898. The highest BCUT2D eigenvalue weighted by molar-refractivity contribution is 5.67. The predicted molar refractivity (Wildman–Crippen MR) is 77.6 cm³/mol. The molecular weight excluding hydrogens is 254 g/mol. The fourth-order valence-corrected chi connectivity index (χ4v) is 2.98. The Morgan fingerprint density at radius 2 is 2.10 bits per heavy atom. The summed E-state index contributed by atoms with van der Waals surface area (Å²) in [7, 11) is 0. The smallest absolute Gasteiger partial charge is 0.306 e. The van der Waals surface area contributed by atoms with Gasteiger partial charge >= 0.3 is 5.97 Å². The Morgan fingerprint density at radius 3 is 2.70 bits per heavy atom. The zero-order valence-corrected chi connectivity index (χ0v) is 12.2. The Bertz CT molecular complexity index is 433. The van der Waals surface area contributed by atoms with Gasteiger partial charge in [0.1, 0.15) is 0 Å². The summed E-state index contributed by atoms with van der Waals surface area (Å²) in [6, 6.07) is 10.7. The van der Waals surface area contributed by atoms with Gasteiger partial charge in [-0.1, -0.05) is 44.2 Å². The van der Waals surface area contributed by atoms with Crippen LogP contribution in [0.3, 0.4) is 0 Å². The summed E-state index contributed by atoms with van der Waals surface area (Å²) in [6.45, 7) is 6.56. The van der Waals surface area contributed by atoms with Gasteiger partial charge < -0.3 is 9.84 Å². The van der Waals surface area contributed by atoms with Crippen LogP contribution in [-0.2, 0) is 9.53 Å². The Labute approximate surface area is 120 Å². The summed E-state index contributed by atoms with van der Waals surface area (Å²) in [5.74, 6) is -0.321. The van der Waals surface area contributed by atoms with Gasteiger partial charge in [0, 0.05) is 19.1 Å². The van der Waals surface area contributed by atoms with Gasteiger partial charge in [0.05, 0.1) is 19.1 Å². The second kappa shape index (κ2) is 6.86. The minimum absolute atomic E-state index is 0.0795. The fourth-order valence-electron chi connectivity index (χ4n) is 2.98. The summed E-state index contributed by atoms with van der Waals surface area (Å²) in [5, 5.41) is 8.92. The van der Waals surface area contributed by atoms with E-state index in [4.69, 9.17) is 9.84 Å². The van der Waals surface area contributed by atoms with Gasteiger partial charge in [-0.05, 0) is 11.5 Å². The standard InChI is InChI=1S/C16H23NO3/c1-12(2)16(13-6-4-3-5-7-13)17-8-9-20-14(11-17)10-15(18)19/h3-7,12,14,16H,8-11H2,1-2H3,(H,18,19). The van der Waals surface area contributed by atoms with Crippen molar-refractivity contribution in [1.82, 2.24) is 4.90 Å². The molecule has 0 aliphatic carbocycles. The van der Waals surface area contributed by atoms with Crippen molar-refractivity contribution >= 4 is 5.97 Å². The molecule has 1 aliphatic rings. The number of rotatable bonds is 5. The van der Waals surface area contributed by atoms with Gasteiger partial charge in [0.2, 0.25) is 0 Å². The molecule has 2 atom stereocenters. The monoisotopic (exact) mass is 277 g/mol. The van der Waals surface area contributed by atoms with Crippen LogP contribution in [0.5, 0.6) is 0 Å². The van der Waals surface area contributed by atoms with Crippen molar-refractivity contribution in [2.75, 3.05) is 19.7 Å². The molecule has 1 N–H and O–H groups in total. The number of morpholine rings is 1. The van der Waals surface area contributed by atoms with E-state index in [1.54, 1.807) is 0 Å². The molecule has 1 saturated heterocycles. The molecule has 1 fully saturated rings. The molecule has 2 rings (SSSR count). The first kappa shape index (κ1) is 15.0. The van der Waals surface area contributed by atoms with Crippen molar-refractivity contribution < 1.29 is 14.6 Å². The summed E-state index contributed by atoms with van der Waals surface area (Å²) < 4.78 is 5.56. The summed E-state index contributed by atoms with van der Waals surface area (Å²) in [6.07, 6.45) is -0.123. The highest BCUT2D eigenvalue weighted by atomic mass is 16.5. The average molecular weight is 277 g/mol. The highest BCUT2D eigenvalue weighted by Crippen LogP contribution is 2.30. The third kappa shape index (κ3) is 3.81. The van der Waals surface area contributed by atoms with Gasteiger partial charge in [0.15, 0.2) is 0 Å². The molecule has 110 valence electrons. The van der Waals surface area contributed by atoms with Crippen LogP contribution in [0.15, 0.2) is 30.3 Å². The first-order chi connectivity index (χ1) is 9.58. The molecule has 0 amide bonds. The third-order valence-corrected chi connectivity index (χ3v) is 3.74. The zero-order valence-electron chi connectivity index (χ0n) is 12.2. The van der Waals surface area contributed by atoms with E-state index >= 15 is 0 Å². The molecule has 4 nitrogen and oxygen atoms in total. The highest BCUT2D eigenvalue weighted by Gasteiger charge is 2.30. The summed E-state index contributed by atoms with van der Waals surface area (Å²) in [5.41, 5.74) is 1.29. The van der Waals surface area contributed by atoms with Crippen LogP contribution in [0.25, 0.3) is 0 Å². The van der Waals surface area contributed by atoms with E-state index in [-0.39, 0.29) is 12.5 Å². The van der Waals surface area contributed by atoms with E-state index in [2.05, 4.69) is 43.0 Å². The number of hydrogen-bond acceptors (Lipinski definition) is 3.